The van der Waals surface area contributed by atoms with Crippen LogP contribution in [0.3, 0.4) is 0 Å². The Bertz CT molecular complexity index is 348. The second-order valence-corrected chi connectivity index (χ2v) is 3.16. The molecule has 0 radical (unpaired) electrons. The van der Waals surface area contributed by atoms with E-state index in [1.807, 2.05) is 0 Å². The minimum absolute atomic E-state index is 0.0474. The average Bonchev–Trinajstić information content (AvgIpc) is 2.67. The maximum Gasteiger partial charge on any atom is 0.156 e. The highest BCUT2D eigenvalue weighted by Gasteiger charge is 2.20. The van der Waals surface area contributed by atoms with Crippen molar-refractivity contribution in [1.29, 1.82) is 0 Å². The van der Waals surface area contributed by atoms with Gasteiger partial charge in [-0.2, -0.15) is 0 Å². The zero-order valence-corrected chi connectivity index (χ0v) is 7.48. The minimum Gasteiger partial charge on any atom is -0.392 e. The van der Waals surface area contributed by atoms with E-state index < -0.39 is 0 Å². The average molecular weight is 195 g/mol. The molecule has 1 N–H and O–H groups in total. The quantitative estimate of drug-likeness (QED) is 0.773. The van der Waals surface area contributed by atoms with Gasteiger partial charge in [0.15, 0.2) is 6.10 Å². The van der Waals surface area contributed by atoms with Gasteiger partial charge < -0.3 is 9.94 Å². The topological polar surface area (TPSA) is 41.8 Å². The first-order chi connectivity index (χ1) is 6.79. The SMILES string of the molecule is OC[C@@H]1CC(c2ccc(F)cc2)=NO1. The molecule has 0 aliphatic carbocycles. The van der Waals surface area contributed by atoms with Crippen molar-refractivity contribution >= 4 is 5.71 Å². The lowest BCUT2D eigenvalue weighted by Crippen LogP contribution is -2.12. The van der Waals surface area contributed by atoms with Crippen LogP contribution >= 0.6 is 0 Å². The lowest BCUT2D eigenvalue weighted by Gasteiger charge is -2.01. The zero-order valence-electron chi connectivity index (χ0n) is 7.48. The first-order valence-electron chi connectivity index (χ1n) is 4.39. The standard InChI is InChI=1S/C10H10FNO2/c11-8-3-1-7(2-4-8)10-5-9(6-13)14-12-10/h1-4,9,13H,5-6H2/t9-/m0/s1. The molecule has 2 rings (SSSR count). The van der Waals surface area contributed by atoms with E-state index >= 15 is 0 Å². The lowest BCUT2D eigenvalue weighted by atomic mass is 10.1. The molecule has 1 atom stereocenters. The summed E-state index contributed by atoms with van der Waals surface area (Å²) in [6, 6.07) is 6.06. The van der Waals surface area contributed by atoms with Crippen LogP contribution in [0, 0.1) is 5.82 Å². The summed E-state index contributed by atoms with van der Waals surface area (Å²) in [6.07, 6.45) is 0.317. The number of aliphatic hydroxyl groups is 1. The number of nitrogens with zero attached hydrogens (tertiary/aromatic N) is 1. The van der Waals surface area contributed by atoms with Crippen molar-refractivity contribution < 1.29 is 14.3 Å². The summed E-state index contributed by atoms with van der Waals surface area (Å²) < 4.78 is 12.6. The molecule has 1 heterocycles. The highest BCUT2D eigenvalue weighted by atomic mass is 19.1. The van der Waals surface area contributed by atoms with E-state index in [1.54, 1.807) is 12.1 Å². The third-order valence-electron chi connectivity index (χ3n) is 2.11. The summed E-state index contributed by atoms with van der Waals surface area (Å²) in [4.78, 5) is 4.94. The number of halogens is 1. The normalized spacial score (nSPS) is 20.4. The van der Waals surface area contributed by atoms with Crippen molar-refractivity contribution in [3.05, 3.63) is 35.6 Å². The van der Waals surface area contributed by atoms with Crippen LogP contribution in [0.4, 0.5) is 4.39 Å². The molecule has 74 valence electrons. The summed E-state index contributed by atoms with van der Waals surface area (Å²) in [5.74, 6) is -0.271. The largest absolute Gasteiger partial charge is 0.392 e. The van der Waals surface area contributed by atoms with Crippen LogP contribution in [0.2, 0.25) is 0 Å². The Morgan fingerprint density at radius 3 is 2.71 bits per heavy atom. The number of rotatable bonds is 2. The van der Waals surface area contributed by atoms with Crippen molar-refractivity contribution in [2.24, 2.45) is 5.16 Å². The van der Waals surface area contributed by atoms with Gasteiger partial charge in [0, 0.05) is 6.42 Å². The Hall–Kier alpha value is -1.42. The van der Waals surface area contributed by atoms with Gasteiger partial charge in [0.2, 0.25) is 0 Å². The van der Waals surface area contributed by atoms with Gasteiger partial charge in [-0.05, 0) is 17.7 Å². The van der Waals surface area contributed by atoms with Crippen LogP contribution in [0.1, 0.15) is 12.0 Å². The molecular formula is C10H10FNO2. The number of benzene rings is 1. The Morgan fingerprint density at radius 1 is 1.43 bits per heavy atom. The highest BCUT2D eigenvalue weighted by Crippen LogP contribution is 2.16. The molecule has 0 saturated carbocycles. The van der Waals surface area contributed by atoms with Crippen LogP contribution in [0.25, 0.3) is 0 Å². The van der Waals surface area contributed by atoms with E-state index in [9.17, 15) is 4.39 Å². The Morgan fingerprint density at radius 2 is 2.14 bits per heavy atom. The summed E-state index contributed by atoms with van der Waals surface area (Å²) in [7, 11) is 0. The third kappa shape index (κ3) is 1.75. The minimum atomic E-state index is -0.271. The second kappa shape index (κ2) is 3.75. The molecule has 1 aromatic carbocycles. The number of aliphatic hydroxyl groups excluding tert-OH is 1. The van der Waals surface area contributed by atoms with Gasteiger partial charge in [-0.3, -0.25) is 0 Å². The van der Waals surface area contributed by atoms with Gasteiger partial charge in [0.25, 0.3) is 0 Å². The first kappa shape index (κ1) is 9.15. The highest BCUT2D eigenvalue weighted by molar-refractivity contribution is 6.01. The Labute approximate surface area is 80.8 Å². The zero-order chi connectivity index (χ0) is 9.97. The number of hydrogen-bond donors (Lipinski definition) is 1. The molecule has 1 aliphatic rings. The number of hydrogen-bond acceptors (Lipinski definition) is 3. The van der Waals surface area contributed by atoms with Crippen LogP contribution < -0.4 is 0 Å². The van der Waals surface area contributed by atoms with E-state index in [4.69, 9.17) is 9.94 Å². The number of oxime groups is 1. The van der Waals surface area contributed by atoms with Crippen molar-refractivity contribution in [2.75, 3.05) is 6.61 Å². The molecule has 14 heavy (non-hydrogen) atoms. The summed E-state index contributed by atoms with van der Waals surface area (Å²) in [5.41, 5.74) is 1.59. The summed E-state index contributed by atoms with van der Waals surface area (Å²) in [5, 5.41) is 12.6. The fourth-order valence-corrected chi connectivity index (χ4v) is 1.34. The Kier molecular flexibility index (Phi) is 2.45. The summed E-state index contributed by atoms with van der Waals surface area (Å²) in [6.45, 7) is -0.0474. The fourth-order valence-electron chi connectivity index (χ4n) is 1.34. The summed E-state index contributed by atoms with van der Waals surface area (Å²) >= 11 is 0. The van der Waals surface area contributed by atoms with Gasteiger partial charge in [-0.15, -0.1) is 0 Å². The van der Waals surface area contributed by atoms with E-state index in [2.05, 4.69) is 5.16 Å². The molecular weight excluding hydrogens is 185 g/mol. The predicted octanol–water partition coefficient (Wildman–Crippen LogP) is 1.31. The van der Waals surface area contributed by atoms with Crippen LogP contribution in [0.15, 0.2) is 29.4 Å². The van der Waals surface area contributed by atoms with Crippen molar-refractivity contribution in [3.8, 4) is 0 Å². The molecule has 4 heteroatoms. The van der Waals surface area contributed by atoms with Gasteiger partial charge in [0.1, 0.15) is 5.82 Å². The smallest absolute Gasteiger partial charge is 0.156 e. The maximum absolute atomic E-state index is 12.6. The van der Waals surface area contributed by atoms with Crippen molar-refractivity contribution in [2.45, 2.75) is 12.5 Å². The monoisotopic (exact) mass is 195 g/mol. The van der Waals surface area contributed by atoms with Crippen LogP contribution in [-0.4, -0.2) is 23.5 Å². The van der Waals surface area contributed by atoms with E-state index in [-0.39, 0.29) is 18.5 Å². The maximum atomic E-state index is 12.6. The van der Waals surface area contributed by atoms with Crippen molar-refractivity contribution in [3.63, 3.8) is 0 Å². The van der Waals surface area contributed by atoms with E-state index in [1.165, 1.54) is 12.1 Å². The third-order valence-corrected chi connectivity index (χ3v) is 2.11. The molecule has 0 unspecified atom stereocenters. The molecule has 3 nitrogen and oxygen atoms in total. The molecule has 0 spiro atoms. The molecule has 0 amide bonds. The predicted molar refractivity (Wildman–Crippen MR) is 49.5 cm³/mol. The second-order valence-electron chi connectivity index (χ2n) is 3.16. The van der Waals surface area contributed by atoms with Crippen LogP contribution in [-0.2, 0) is 4.84 Å². The Balaban J connectivity index is 2.13. The lowest BCUT2D eigenvalue weighted by molar-refractivity contribution is 0.0390. The molecule has 0 aromatic heterocycles. The molecule has 1 aliphatic heterocycles. The molecule has 1 aromatic rings. The van der Waals surface area contributed by atoms with Crippen molar-refractivity contribution in [1.82, 2.24) is 0 Å². The van der Waals surface area contributed by atoms with E-state index in [0.29, 0.717) is 6.42 Å². The fraction of sp³-hybridized carbons (Fsp3) is 0.300. The van der Waals surface area contributed by atoms with Crippen LogP contribution in [0.5, 0.6) is 0 Å². The van der Waals surface area contributed by atoms with Gasteiger partial charge in [0.05, 0.1) is 12.3 Å². The van der Waals surface area contributed by atoms with E-state index in [0.717, 1.165) is 11.3 Å². The molecule has 0 bridgehead atoms. The first-order valence-corrected chi connectivity index (χ1v) is 4.39. The van der Waals surface area contributed by atoms with Gasteiger partial charge in [-0.1, -0.05) is 17.3 Å². The molecule has 0 saturated heterocycles. The van der Waals surface area contributed by atoms with Gasteiger partial charge >= 0.3 is 0 Å². The molecule has 0 fully saturated rings. The van der Waals surface area contributed by atoms with Gasteiger partial charge in [-0.25, -0.2) is 4.39 Å².